The summed E-state index contributed by atoms with van der Waals surface area (Å²) in [6, 6.07) is 10.7. The molecule has 0 radical (unpaired) electrons. The summed E-state index contributed by atoms with van der Waals surface area (Å²) in [5, 5.41) is 0.882. The van der Waals surface area contributed by atoms with Crippen LogP contribution in [0.25, 0.3) is 11.2 Å². The van der Waals surface area contributed by atoms with Crippen LogP contribution in [0.3, 0.4) is 0 Å². The van der Waals surface area contributed by atoms with Gasteiger partial charge in [0.25, 0.3) is 0 Å². The number of hydrogen-bond donors (Lipinski definition) is 1. The van der Waals surface area contributed by atoms with Gasteiger partial charge in [0, 0.05) is 32.7 Å². The number of aromatic amines is 1. The van der Waals surface area contributed by atoms with Crippen LogP contribution in [0.2, 0.25) is 0 Å². The van der Waals surface area contributed by atoms with Crippen LogP contribution in [0.4, 0.5) is 5.95 Å². The second-order valence-electron chi connectivity index (χ2n) is 6.22. The van der Waals surface area contributed by atoms with Crippen molar-refractivity contribution in [3.05, 3.63) is 42.1 Å². The average molecular weight is 354 g/mol. The predicted octanol–water partition coefficient (Wildman–Crippen LogP) is 2.44. The van der Waals surface area contributed by atoms with E-state index in [9.17, 15) is 0 Å². The molecule has 0 spiro atoms. The van der Waals surface area contributed by atoms with E-state index in [4.69, 9.17) is 0 Å². The number of thioether (sulfide) groups is 1. The van der Waals surface area contributed by atoms with Crippen LogP contribution >= 0.6 is 11.8 Å². The highest BCUT2D eigenvalue weighted by Crippen LogP contribution is 2.18. The fraction of sp³-hybridized carbons (Fsp3) is 0.389. The molecule has 0 aliphatic carbocycles. The highest BCUT2D eigenvalue weighted by molar-refractivity contribution is 7.98. The minimum atomic E-state index is 0.751. The molecule has 4 rings (SSSR count). The predicted molar refractivity (Wildman–Crippen MR) is 102 cm³/mol. The van der Waals surface area contributed by atoms with Crippen molar-refractivity contribution in [2.45, 2.75) is 11.6 Å². The highest BCUT2D eigenvalue weighted by atomic mass is 32.2. The van der Waals surface area contributed by atoms with E-state index in [0.29, 0.717) is 0 Å². The summed E-state index contributed by atoms with van der Waals surface area (Å²) in [5.41, 5.74) is 3.05. The molecule has 1 saturated heterocycles. The summed E-state index contributed by atoms with van der Waals surface area (Å²) in [6.07, 6.45) is 4.95. The van der Waals surface area contributed by atoms with Crippen LogP contribution in [0.5, 0.6) is 0 Å². The Bertz CT molecular complexity index is 826. The van der Waals surface area contributed by atoms with Crippen molar-refractivity contribution in [1.29, 1.82) is 0 Å². The van der Waals surface area contributed by atoms with Gasteiger partial charge in [-0.05, 0) is 18.2 Å². The van der Waals surface area contributed by atoms with Crippen LogP contribution in [-0.4, -0.2) is 63.8 Å². The molecule has 1 aromatic carbocycles. The van der Waals surface area contributed by atoms with Gasteiger partial charge < -0.3 is 9.88 Å². The van der Waals surface area contributed by atoms with Gasteiger partial charge in [-0.1, -0.05) is 42.1 Å². The third-order valence-corrected chi connectivity index (χ3v) is 5.19. The Labute approximate surface area is 151 Å². The number of hydrogen-bond acceptors (Lipinski definition) is 6. The molecule has 0 unspecified atom stereocenters. The number of benzene rings is 1. The summed E-state index contributed by atoms with van der Waals surface area (Å²) >= 11 is 1.59. The quantitative estimate of drug-likeness (QED) is 0.710. The van der Waals surface area contributed by atoms with E-state index in [2.05, 4.69) is 60.1 Å². The maximum absolute atomic E-state index is 4.63. The maximum atomic E-state index is 4.63. The number of rotatable bonds is 5. The summed E-state index contributed by atoms with van der Waals surface area (Å²) < 4.78 is 0. The van der Waals surface area contributed by atoms with Gasteiger partial charge in [-0.25, -0.2) is 9.97 Å². The maximum Gasteiger partial charge on any atom is 0.227 e. The number of aromatic nitrogens is 4. The first kappa shape index (κ1) is 16.4. The number of H-pyrrole nitrogens is 1. The van der Waals surface area contributed by atoms with Gasteiger partial charge in [-0.2, -0.15) is 4.98 Å². The molecule has 0 atom stereocenters. The Balaban J connectivity index is 1.35. The monoisotopic (exact) mass is 354 g/mol. The Morgan fingerprint density at radius 3 is 2.64 bits per heavy atom. The van der Waals surface area contributed by atoms with Crippen molar-refractivity contribution >= 4 is 28.9 Å². The largest absolute Gasteiger partial charge is 0.338 e. The molecule has 130 valence electrons. The van der Waals surface area contributed by atoms with Gasteiger partial charge >= 0.3 is 0 Å². The van der Waals surface area contributed by atoms with Crippen molar-refractivity contribution in [1.82, 2.24) is 24.8 Å². The average Bonchev–Trinajstić information content (AvgIpc) is 3.10. The van der Waals surface area contributed by atoms with Crippen molar-refractivity contribution in [3.8, 4) is 0 Å². The standard InChI is InChI=1S/C18H22N6S/c1-25-18-20-15-13-19-17(21-16(15)22-18)24-11-9-23(10-12-24)8-7-14-5-3-2-4-6-14/h2-6,13H,7-12H2,1H3,(H,19,20,21,22). The van der Waals surface area contributed by atoms with Gasteiger partial charge in [-0.3, -0.25) is 4.90 Å². The van der Waals surface area contributed by atoms with E-state index in [-0.39, 0.29) is 0 Å². The number of fused-ring (bicyclic) bond motifs is 1. The first-order chi connectivity index (χ1) is 12.3. The topological polar surface area (TPSA) is 60.9 Å². The van der Waals surface area contributed by atoms with Crippen LogP contribution in [0.1, 0.15) is 5.56 Å². The van der Waals surface area contributed by atoms with Gasteiger partial charge in [0.1, 0.15) is 5.52 Å². The summed E-state index contributed by atoms with van der Waals surface area (Å²) in [6.45, 7) is 5.12. The zero-order valence-electron chi connectivity index (χ0n) is 14.4. The molecule has 0 bridgehead atoms. The first-order valence-corrected chi connectivity index (χ1v) is 9.82. The molecule has 3 aromatic rings. The molecule has 1 aliphatic heterocycles. The summed E-state index contributed by atoms with van der Waals surface area (Å²) in [7, 11) is 0. The lowest BCUT2D eigenvalue weighted by molar-refractivity contribution is 0.260. The Morgan fingerprint density at radius 1 is 1.08 bits per heavy atom. The number of piperazine rings is 1. The lowest BCUT2D eigenvalue weighted by Gasteiger charge is -2.34. The number of nitrogens with zero attached hydrogens (tertiary/aromatic N) is 5. The lowest BCUT2D eigenvalue weighted by Crippen LogP contribution is -2.47. The molecule has 2 aromatic heterocycles. The molecule has 1 fully saturated rings. The van der Waals surface area contributed by atoms with Crippen LogP contribution in [0, 0.1) is 0 Å². The number of imidazole rings is 1. The number of nitrogens with one attached hydrogen (secondary N) is 1. The molecule has 1 N–H and O–H groups in total. The van der Waals surface area contributed by atoms with Crippen molar-refractivity contribution in [2.75, 3.05) is 43.9 Å². The fourth-order valence-corrected chi connectivity index (χ4v) is 3.52. The molecule has 0 amide bonds. The van der Waals surface area contributed by atoms with Crippen LogP contribution < -0.4 is 4.90 Å². The van der Waals surface area contributed by atoms with E-state index in [1.807, 2.05) is 12.5 Å². The summed E-state index contributed by atoms with van der Waals surface area (Å²) in [4.78, 5) is 21.6. The molecule has 1 aliphatic rings. The molecule has 7 heteroatoms. The molecular weight excluding hydrogens is 332 g/mol. The third-order valence-electron chi connectivity index (χ3n) is 4.61. The van der Waals surface area contributed by atoms with E-state index in [0.717, 1.165) is 61.4 Å². The van der Waals surface area contributed by atoms with Crippen molar-refractivity contribution in [2.24, 2.45) is 0 Å². The zero-order chi connectivity index (χ0) is 17.1. The molecular formula is C18H22N6S. The van der Waals surface area contributed by atoms with Crippen molar-refractivity contribution in [3.63, 3.8) is 0 Å². The van der Waals surface area contributed by atoms with E-state index in [1.165, 1.54) is 5.56 Å². The minimum absolute atomic E-state index is 0.751. The lowest BCUT2D eigenvalue weighted by atomic mass is 10.1. The van der Waals surface area contributed by atoms with Gasteiger partial charge in [0.15, 0.2) is 10.8 Å². The van der Waals surface area contributed by atoms with Crippen molar-refractivity contribution < 1.29 is 0 Å². The summed E-state index contributed by atoms with van der Waals surface area (Å²) in [5.74, 6) is 0.786. The minimum Gasteiger partial charge on any atom is -0.338 e. The van der Waals surface area contributed by atoms with Gasteiger partial charge in [0.2, 0.25) is 5.95 Å². The Morgan fingerprint density at radius 2 is 1.88 bits per heavy atom. The molecule has 6 nitrogen and oxygen atoms in total. The number of anilines is 1. The zero-order valence-corrected chi connectivity index (χ0v) is 15.2. The first-order valence-electron chi connectivity index (χ1n) is 8.60. The van der Waals surface area contributed by atoms with Crippen LogP contribution in [0.15, 0.2) is 41.7 Å². The van der Waals surface area contributed by atoms with Gasteiger partial charge in [-0.15, -0.1) is 0 Å². The molecule has 25 heavy (non-hydrogen) atoms. The Hall–Kier alpha value is -2.12. The molecule has 0 saturated carbocycles. The van der Waals surface area contributed by atoms with E-state index < -0.39 is 0 Å². The van der Waals surface area contributed by atoms with E-state index >= 15 is 0 Å². The van der Waals surface area contributed by atoms with E-state index in [1.54, 1.807) is 11.8 Å². The molecule has 3 heterocycles. The highest BCUT2D eigenvalue weighted by Gasteiger charge is 2.19. The third kappa shape index (κ3) is 3.77. The van der Waals surface area contributed by atoms with Gasteiger partial charge in [0.05, 0.1) is 6.20 Å². The van der Waals surface area contributed by atoms with Crippen LogP contribution in [-0.2, 0) is 6.42 Å². The second kappa shape index (κ2) is 7.41. The SMILES string of the molecule is CSc1nc2nc(N3CCN(CCc4ccccc4)CC3)ncc2[nH]1. The second-order valence-corrected chi connectivity index (χ2v) is 7.01. The fourth-order valence-electron chi connectivity index (χ4n) is 3.13. The Kier molecular flexibility index (Phi) is 4.85. The normalized spacial score (nSPS) is 15.8. The smallest absolute Gasteiger partial charge is 0.227 e.